The fourth-order valence-corrected chi connectivity index (χ4v) is 1.66. The van der Waals surface area contributed by atoms with Gasteiger partial charge in [0, 0.05) is 5.41 Å². The van der Waals surface area contributed by atoms with Crippen LogP contribution in [0.4, 0.5) is 0 Å². The summed E-state index contributed by atoms with van der Waals surface area (Å²) in [6.45, 7) is 6.01. The van der Waals surface area contributed by atoms with E-state index >= 15 is 0 Å². The molecule has 0 N–H and O–H groups in total. The molecule has 0 saturated carbocycles. The van der Waals surface area contributed by atoms with Crippen LogP contribution in [-0.4, -0.2) is 30.4 Å². The zero-order valence-electron chi connectivity index (χ0n) is 9.20. The molecule has 0 radical (unpaired) electrons. The summed E-state index contributed by atoms with van der Waals surface area (Å²) in [6, 6.07) is 0. The minimum atomic E-state index is -0.387. The summed E-state index contributed by atoms with van der Waals surface area (Å²) in [7, 11) is 0. The monoisotopic (exact) mass is 218 g/mol. The maximum atomic E-state index is 11.4. The molecule has 0 spiro atoms. The summed E-state index contributed by atoms with van der Waals surface area (Å²) in [5.41, 5.74) is -0.135. The van der Waals surface area contributed by atoms with E-state index in [1.165, 1.54) is 0 Å². The van der Waals surface area contributed by atoms with Crippen molar-refractivity contribution in [2.45, 2.75) is 39.6 Å². The SMILES string of the molecule is CSCCC1OC(C(C)(C)C)OC1=O. The Morgan fingerprint density at radius 2 is 2.07 bits per heavy atom. The first-order valence-electron chi connectivity index (χ1n) is 4.80. The highest BCUT2D eigenvalue weighted by Crippen LogP contribution is 2.30. The quantitative estimate of drug-likeness (QED) is 0.679. The third-order valence-corrected chi connectivity index (χ3v) is 2.71. The number of carbonyl (C=O) groups excluding carboxylic acids is 1. The Morgan fingerprint density at radius 1 is 1.43 bits per heavy atom. The topological polar surface area (TPSA) is 35.5 Å². The Labute approximate surface area is 89.5 Å². The summed E-state index contributed by atoms with van der Waals surface area (Å²) in [4.78, 5) is 11.4. The lowest BCUT2D eigenvalue weighted by Gasteiger charge is -2.24. The van der Waals surface area contributed by atoms with Crippen LogP contribution in [0.2, 0.25) is 0 Å². The van der Waals surface area contributed by atoms with E-state index in [0.717, 1.165) is 12.2 Å². The Kier molecular flexibility index (Phi) is 3.84. The van der Waals surface area contributed by atoms with E-state index in [4.69, 9.17) is 9.47 Å². The lowest BCUT2D eigenvalue weighted by molar-refractivity contribution is -0.154. The highest BCUT2D eigenvalue weighted by atomic mass is 32.2. The first-order valence-corrected chi connectivity index (χ1v) is 6.19. The van der Waals surface area contributed by atoms with Gasteiger partial charge >= 0.3 is 5.97 Å². The zero-order valence-corrected chi connectivity index (χ0v) is 10.0. The van der Waals surface area contributed by atoms with E-state index < -0.39 is 0 Å². The third kappa shape index (κ3) is 2.89. The number of thioether (sulfide) groups is 1. The van der Waals surface area contributed by atoms with Crippen molar-refractivity contribution in [3.8, 4) is 0 Å². The number of hydrogen-bond acceptors (Lipinski definition) is 4. The van der Waals surface area contributed by atoms with Gasteiger partial charge in [0.1, 0.15) is 0 Å². The molecule has 1 saturated heterocycles. The standard InChI is InChI=1S/C10H18O3S/c1-10(2,3)9-12-7(5-6-14-4)8(11)13-9/h7,9H,5-6H2,1-4H3. The van der Waals surface area contributed by atoms with Crippen LogP contribution in [0.25, 0.3) is 0 Å². The largest absolute Gasteiger partial charge is 0.433 e. The molecule has 0 aromatic carbocycles. The van der Waals surface area contributed by atoms with Crippen LogP contribution in [0, 0.1) is 5.41 Å². The summed E-state index contributed by atoms with van der Waals surface area (Å²) in [5.74, 6) is 0.718. The molecule has 3 nitrogen and oxygen atoms in total. The van der Waals surface area contributed by atoms with Crippen molar-refractivity contribution in [2.24, 2.45) is 5.41 Å². The van der Waals surface area contributed by atoms with Gasteiger partial charge in [0.15, 0.2) is 6.10 Å². The van der Waals surface area contributed by atoms with E-state index in [9.17, 15) is 4.79 Å². The second-order valence-corrected chi connectivity index (χ2v) is 5.53. The maximum Gasteiger partial charge on any atom is 0.337 e. The molecule has 0 amide bonds. The Balaban J connectivity index is 2.47. The molecule has 2 atom stereocenters. The molecule has 2 unspecified atom stereocenters. The molecule has 0 aromatic heterocycles. The molecule has 4 heteroatoms. The summed E-state index contributed by atoms with van der Waals surface area (Å²) >= 11 is 1.71. The molecule has 1 rings (SSSR count). The predicted molar refractivity (Wildman–Crippen MR) is 57.2 cm³/mol. The maximum absolute atomic E-state index is 11.4. The van der Waals surface area contributed by atoms with Crippen LogP contribution in [0.5, 0.6) is 0 Å². The van der Waals surface area contributed by atoms with E-state index in [1.807, 2.05) is 27.0 Å². The summed E-state index contributed by atoms with van der Waals surface area (Å²) in [5, 5.41) is 0. The molecule has 1 heterocycles. The Hall–Kier alpha value is -0.220. The Morgan fingerprint density at radius 3 is 2.50 bits per heavy atom. The van der Waals surface area contributed by atoms with E-state index in [2.05, 4.69) is 0 Å². The molecule has 1 fully saturated rings. The predicted octanol–water partition coefficient (Wildman–Crippen LogP) is 2.05. The normalized spacial score (nSPS) is 27.9. The van der Waals surface area contributed by atoms with E-state index in [-0.39, 0.29) is 23.8 Å². The van der Waals surface area contributed by atoms with Crippen molar-refractivity contribution in [3.63, 3.8) is 0 Å². The fourth-order valence-electron chi connectivity index (χ4n) is 1.21. The van der Waals surface area contributed by atoms with Crippen LogP contribution in [0.3, 0.4) is 0 Å². The van der Waals surface area contributed by atoms with Crippen LogP contribution >= 0.6 is 11.8 Å². The van der Waals surface area contributed by atoms with Gasteiger partial charge in [-0.05, 0) is 18.4 Å². The van der Waals surface area contributed by atoms with Crippen molar-refractivity contribution in [1.29, 1.82) is 0 Å². The highest BCUT2D eigenvalue weighted by Gasteiger charge is 2.41. The number of carbonyl (C=O) groups is 1. The summed E-state index contributed by atoms with van der Waals surface area (Å²) < 4.78 is 10.7. The second-order valence-electron chi connectivity index (χ2n) is 4.54. The smallest absolute Gasteiger partial charge is 0.337 e. The highest BCUT2D eigenvalue weighted by molar-refractivity contribution is 7.98. The first kappa shape index (κ1) is 11.9. The Bertz CT molecular complexity index is 210. The van der Waals surface area contributed by atoms with E-state index in [0.29, 0.717) is 0 Å². The average molecular weight is 218 g/mol. The van der Waals surface area contributed by atoms with Gasteiger partial charge in [-0.2, -0.15) is 11.8 Å². The minimum absolute atomic E-state index is 0.135. The van der Waals surface area contributed by atoms with Crippen LogP contribution in [-0.2, 0) is 14.3 Å². The molecule has 14 heavy (non-hydrogen) atoms. The number of rotatable bonds is 3. The molecular formula is C10H18O3S. The lowest BCUT2D eigenvalue weighted by atomic mass is 9.96. The van der Waals surface area contributed by atoms with Crippen molar-refractivity contribution in [3.05, 3.63) is 0 Å². The lowest BCUT2D eigenvalue weighted by Crippen LogP contribution is -2.27. The summed E-state index contributed by atoms with van der Waals surface area (Å²) in [6.07, 6.45) is 2.02. The van der Waals surface area contributed by atoms with Gasteiger partial charge < -0.3 is 9.47 Å². The van der Waals surface area contributed by atoms with Crippen LogP contribution < -0.4 is 0 Å². The van der Waals surface area contributed by atoms with Gasteiger partial charge in [0.2, 0.25) is 6.29 Å². The first-order chi connectivity index (χ1) is 6.45. The second kappa shape index (κ2) is 4.53. The van der Waals surface area contributed by atoms with Crippen LogP contribution in [0.15, 0.2) is 0 Å². The number of cyclic esters (lactones) is 1. The number of ether oxygens (including phenoxy) is 2. The molecule has 1 aliphatic rings. The minimum Gasteiger partial charge on any atom is -0.433 e. The zero-order chi connectivity index (χ0) is 10.8. The van der Waals surface area contributed by atoms with Gasteiger partial charge in [-0.25, -0.2) is 4.79 Å². The average Bonchev–Trinajstić information content (AvgIpc) is 2.43. The van der Waals surface area contributed by atoms with E-state index in [1.54, 1.807) is 11.8 Å². The van der Waals surface area contributed by atoms with Crippen LogP contribution in [0.1, 0.15) is 27.2 Å². The van der Waals surface area contributed by atoms with Crippen molar-refractivity contribution in [1.82, 2.24) is 0 Å². The molecule has 0 aliphatic carbocycles. The molecule has 0 aromatic rings. The third-order valence-electron chi connectivity index (χ3n) is 2.07. The van der Waals surface area contributed by atoms with Crippen molar-refractivity contribution in [2.75, 3.05) is 12.0 Å². The molecular weight excluding hydrogens is 200 g/mol. The van der Waals surface area contributed by atoms with Gasteiger partial charge in [-0.15, -0.1) is 0 Å². The molecule has 1 aliphatic heterocycles. The van der Waals surface area contributed by atoms with Gasteiger partial charge in [0.25, 0.3) is 0 Å². The number of esters is 1. The molecule has 82 valence electrons. The van der Waals surface area contributed by atoms with Crippen molar-refractivity contribution < 1.29 is 14.3 Å². The van der Waals surface area contributed by atoms with Gasteiger partial charge in [0.05, 0.1) is 0 Å². The van der Waals surface area contributed by atoms with Gasteiger partial charge in [-0.1, -0.05) is 20.8 Å². The molecule has 0 bridgehead atoms. The fraction of sp³-hybridized carbons (Fsp3) is 0.900. The van der Waals surface area contributed by atoms with Gasteiger partial charge in [-0.3, -0.25) is 0 Å². The number of hydrogen-bond donors (Lipinski definition) is 0. The van der Waals surface area contributed by atoms with Crippen molar-refractivity contribution >= 4 is 17.7 Å².